The van der Waals surface area contributed by atoms with Crippen LogP contribution >= 0.6 is 0 Å². The smallest absolute Gasteiger partial charge is 0.327 e. The molecule has 7 heteroatoms. The van der Waals surface area contributed by atoms with Crippen molar-refractivity contribution in [2.24, 2.45) is 0 Å². The van der Waals surface area contributed by atoms with Gasteiger partial charge in [-0.1, -0.05) is 18.2 Å². The van der Waals surface area contributed by atoms with E-state index in [1.165, 1.54) is 4.90 Å². The van der Waals surface area contributed by atoms with Crippen LogP contribution in [-0.2, 0) is 9.59 Å². The van der Waals surface area contributed by atoms with Crippen molar-refractivity contribution in [1.29, 1.82) is 0 Å². The highest BCUT2D eigenvalue weighted by Gasteiger charge is 2.51. The third-order valence-corrected chi connectivity index (χ3v) is 5.16. The van der Waals surface area contributed by atoms with Crippen LogP contribution in [0.5, 0.6) is 5.75 Å². The third kappa shape index (κ3) is 2.83. The summed E-state index contributed by atoms with van der Waals surface area (Å²) in [6.45, 7) is 1.88. The molecule has 2 atom stereocenters. The number of hydrogen-bond acceptors (Lipinski definition) is 4. The van der Waals surface area contributed by atoms with Gasteiger partial charge in [0, 0.05) is 19.5 Å². The van der Waals surface area contributed by atoms with Gasteiger partial charge in [0.15, 0.2) is 0 Å². The zero-order chi connectivity index (χ0) is 17.4. The molecule has 3 aliphatic heterocycles. The maximum Gasteiger partial charge on any atom is 0.327 e. The monoisotopic (exact) mass is 343 g/mol. The Hall–Kier alpha value is -2.57. The minimum absolute atomic E-state index is 0.0330. The van der Waals surface area contributed by atoms with Crippen LogP contribution < -0.4 is 4.74 Å². The van der Waals surface area contributed by atoms with Gasteiger partial charge in [-0.15, -0.1) is 0 Å². The number of benzene rings is 1. The largest absolute Gasteiger partial charge is 0.492 e. The van der Waals surface area contributed by atoms with Crippen molar-refractivity contribution in [3.8, 4) is 5.75 Å². The van der Waals surface area contributed by atoms with E-state index in [0.29, 0.717) is 26.2 Å². The molecule has 25 heavy (non-hydrogen) atoms. The molecule has 0 radical (unpaired) electrons. The van der Waals surface area contributed by atoms with Crippen LogP contribution in [0.2, 0.25) is 0 Å². The SMILES string of the molecule is O=C1CC(N2C(=O)[C@H]3CCCN3C2=O)CN1CCOc1ccccc1. The molecule has 1 aromatic rings. The summed E-state index contributed by atoms with van der Waals surface area (Å²) in [4.78, 5) is 41.9. The molecule has 0 aromatic heterocycles. The first-order chi connectivity index (χ1) is 12.1. The maximum atomic E-state index is 12.5. The lowest BCUT2D eigenvalue weighted by molar-refractivity contribution is -0.129. The zero-order valence-electron chi connectivity index (χ0n) is 14.0. The van der Waals surface area contributed by atoms with Crippen molar-refractivity contribution in [2.75, 3.05) is 26.2 Å². The summed E-state index contributed by atoms with van der Waals surface area (Å²) in [5, 5.41) is 0. The number of ether oxygens (including phenoxy) is 1. The average molecular weight is 343 g/mol. The summed E-state index contributed by atoms with van der Waals surface area (Å²) in [7, 11) is 0. The van der Waals surface area contributed by atoms with Gasteiger partial charge < -0.3 is 14.5 Å². The van der Waals surface area contributed by atoms with E-state index in [-0.39, 0.29) is 36.3 Å². The molecule has 0 bridgehead atoms. The van der Waals surface area contributed by atoms with Gasteiger partial charge in [-0.2, -0.15) is 0 Å². The summed E-state index contributed by atoms with van der Waals surface area (Å²) in [5.41, 5.74) is 0. The number of amides is 4. The highest BCUT2D eigenvalue weighted by molar-refractivity contribution is 6.05. The molecule has 4 amide bonds. The predicted molar refractivity (Wildman–Crippen MR) is 88.9 cm³/mol. The second-order valence-corrected chi connectivity index (χ2v) is 6.70. The van der Waals surface area contributed by atoms with Gasteiger partial charge in [-0.25, -0.2) is 4.79 Å². The molecular formula is C18H21N3O4. The van der Waals surface area contributed by atoms with Gasteiger partial charge in [0.1, 0.15) is 18.4 Å². The van der Waals surface area contributed by atoms with Gasteiger partial charge in [0.2, 0.25) is 5.91 Å². The molecule has 0 saturated carbocycles. The highest BCUT2D eigenvalue weighted by atomic mass is 16.5. The van der Waals surface area contributed by atoms with Crippen molar-refractivity contribution in [3.05, 3.63) is 30.3 Å². The van der Waals surface area contributed by atoms with Crippen molar-refractivity contribution in [2.45, 2.75) is 31.3 Å². The molecule has 3 heterocycles. The van der Waals surface area contributed by atoms with Crippen molar-refractivity contribution in [1.82, 2.24) is 14.7 Å². The Bertz CT molecular complexity index is 671. The fourth-order valence-corrected chi connectivity index (χ4v) is 3.91. The Kier molecular flexibility index (Phi) is 4.07. The van der Waals surface area contributed by atoms with Gasteiger partial charge in [0.05, 0.1) is 12.6 Å². The Balaban J connectivity index is 1.34. The maximum absolute atomic E-state index is 12.5. The number of urea groups is 1. The van der Waals surface area contributed by atoms with E-state index in [0.717, 1.165) is 18.6 Å². The van der Waals surface area contributed by atoms with Crippen LogP contribution in [0, 0.1) is 0 Å². The van der Waals surface area contributed by atoms with Gasteiger partial charge >= 0.3 is 6.03 Å². The lowest BCUT2D eigenvalue weighted by Gasteiger charge is -2.22. The molecule has 3 fully saturated rings. The minimum Gasteiger partial charge on any atom is -0.492 e. The topological polar surface area (TPSA) is 70.2 Å². The molecule has 3 aliphatic rings. The van der Waals surface area contributed by atoms with Gasteiger partial charge in [-0.3, -0.25) is 14.5 Å². The summed E-state index contributed by atoms with van der Waals surface area (Å²) >= 11 is 0. The Morgan fingerprint density at radius 1 is 1.12 bits per heavy atom. The summed E-state index contributed by atoms with van der Waals surface area (Å²) < 4.78 is 5.63. The quantitative estimate of drug-likeness (QED) is 0.751. The molecule has 7 nitrogen and oxygen atoms in total. The van der Waals surface area contributed by atoms with E-state index in [4.69, 9.17) is 4.74 Å². The molecule has 1 aromatic carbocycles. The molecule has 1 unspecified atom stereocenters. The summed E-state index contributed by atoms with van der Waals surface area (Å²) in [5.74, 6) is 0.591. The molecule has 4 rings (SSSR count). The molecule has 132 valence electrons. The molecule has 3 saturated heterocycles. The first kappa shape index (κ1) is 15.9. The van der Waals surface area contributed by atoms with Crippen LogP contribution in [0.1, 0.15) is 19.3 Å². The standard InChI is InChI=1S/C18H21N3O4/c22-16-11-13(21-17(23)15-7-4-8-20(15)18(21)24)12-19(16)9-10-25-14-5-2-1-3-6-14/h1-3,5-6,13,15H,4,7-12H2/t13?,15-/m1/s1. The molecular weight excluding hydrogens is 322 g/mol. The summed E-state index contributed by atoms with van der Waals surface area (Å²) in [6.07, 6.45) is 1.82. The lowest BCUT2D eigenvalue weighted by Crippen LogP contribution is -2.43. The number of nitrogens with zero attached hydrogens (tertiary/aromatic N) is 3. The Labute approximate surface area is 146 Å². The van der Waals surface area contributed by atoms with Crippen LogP contribution in [0.3, 0.4) is 0 Å². The van der Waals surface area contributed by atoms with E-state index < -0.39 is 0 Å². The van der Waals surface area contributed by atoms with E-state index in [1.807, 2.05) is 30.3 Å². The van der Waals surface area contributed by atoms with Crippen LogP contribution in [0.4, 0.5) is 4.79 Å². The number of hydrogen-bond donors (Lipinski definition) is 0. The number of carbonyl (C=O) groups is 3. The van der Waals surface area contributed by atoms with Crippen LogP contribution in [-0.4, -0.2) is 70.9 Å². The normalized spacial score (nSPS) is 25.9. The van der Waals surface area contributed by atoms with E-state index in [2.05, 4.69) is 0 Å². The predicted octanol–water partition coefficient (Wildman–Crippen LogP) is 1.09. The van der Waals surface area contributed by atoms with Crippen molar-refractivity contribution >= 4 is 17.8 Å². The second-order valence-electron chi connectivity index (χ2n) is 6.70. The van der Waals surface area contributed by atoms with Crippen LogP contribution in [0.25, 0.3) is 0 Å². The fourth-order valence-electron chi connectivity index (χ4n) is 3.91. The number of imide groups is 1. The first-order valence-corrected chi connectivity index (χ1v) is 8.74. The minimum atomic E-state index is -0.352. The highest BCUT2D eigenvalue weighted by Crippen LogP contribution is 2.31. The van der Waals surface area contributed by atoms with Crippen LogP contribution in [0.15, 0.2) is 30.3 Å². The average Bonchev–Trinajstić information content (AvgIpc) is 3.28. The number of likely N-dealkylation sites (tertiary alicyclic amines) is 1. The number of para-hydroxylation sites is 1. The van der Waals surface area contributed by atoms with E-state index in [9.17, 15) is 14.4 Å². The number of rotatable bonds is 5. The Morgan fingerprint density at radius 2 is 1.92 bits per heavy atom. The molecule has 0 aliphatic carbocycles. The fraction of sp³-hybridized carbons (Fsp3) is 0.500. The zero-order valence-corrected chi connectivity index (χ0v) is 14.0. The molecule has 0 spiro atoms. The van der Waals surface area contributed by atoms with Gasteiger partial charge in [-0.05, 0) is 25.0 Å². The third-order valence-electron chi connectivity index (χ3n) is 5.16. The van der Waals surface area contributed by atoms with Gasteiger partial charge in [0.25, 0.3) is 5.91 Å². The van der Waals surface area contributed by atoms with E-state index in [1.54, 1.807) is 9.80 Å². The second kappa shape index (κ2) is 6.38. The van der Waals surface area contributed by atoms with Crippen molar-refractivity contribution in [3.63, 3.8) is 0 Å². The number of fused-ring (bicyclic) bond motifs is 1. The van der Waals surface area contributed by atoms with E-state index >= 15 is 0 Å². The molecule has 0 N–H and O–H groups in total. The lowest BCUT2D eigenvalue weighted by atomic mass is 10.2. The van der Waals surface area contributed by atoms with Crippen molar-refractivity contribution < 1.29 is 19.1 Å². The Morgan fingerprint density at radius 3 is 2.68 bits per heavy atom. The number of carbonyl (C=O) groups excluding carboxylic acids is 3. The summed E-state index contributed by atoms with van der Waals surface area (Å²) in [6, 6.07) is 8.54. The first-order valence-electron chi connectivity index (χ1n) is 8.74.